The van der Waals surface area contributed by atoms with Gasteiger partial charge in [-0.3, -0.25) is 4.79 Å². The van der Waals surface area contributed by atoms with Crippen molar-refractivity contribution in [2.75, 3.05) is 6.54 Å². The fourth-order valence-electron chi connectivity index (χ4n) is 1.87. The van der Waals surface area contributed by atoms with Crippen molar-refractivity contribution >= 4 is 33.4 Å². The lowest BCUT2D eigenvalue weighted by atomic mass is 10.1. The van der Waals surface area contributed by atoms with Crippen molar-refractivity contribution in [2.45, 2.75) is 12.3 Å². The molecule has 20 heavy (non-hydrogen) atoms. The van der Waals surface area contributed by atoms with Gasteiger partial charge in [0.15, 0.2) is 0 Å². The van der Waals surface area contributed by atoms with Gasteiger partial charge in [-0.2, -0.15) is 0 Å². The molecule has 2 rings (SSSR count). The van der Waals surface area contributed by atoms with Crippen molar-refractivity contribution < 1.29 is 4.79 Å². The van der Waals surface area contributed by atoms with Crippen molar-refractivity contribution in [3.05, 3.63) is 69.7 Å². The van der Waals surface area contributed by atoms with E-state index in [1.807, 2.05) is 55.5 Å². The first kappa shape index (κ1) is 15.1. The molecule has 1 unspecified atom stereocenters. The fraction of sp³-hybridized carbons (Fsp3) is 0.188. The monoisotopic (exact) mass is 351 g/mol. The lowest BCUT2D eigenvalue weighted by Crippen LogP contribution is -2.27. The van der Waals surface area contributed by atoms with Gasteiger partial charge in [-0.1, -0.05) is 42.0 Å². The van der Waals surface area contributed by atoms with Crippen LogP contribution in [0.2, 0.25) is 0 Å². The summed E-state index contributed by atoms with van der Waals surface area (Å²) in [7, 11) is 0. The van der Waals surface area contributed by atoms with Gasteiger partial charge in [-0.15, -0.1) is 11.6 Å². The summed E-state index contributed by atoms with van der Waals surface area (Å²) in [4.78, 5) is 12.2. The second kappa shape index (κ2) is 6.91. The number of hydrogen-bond acceptors (Lipinski definition) is 1. The molecule has 0 bridgehead atoms. The van der Waals surface area contributed by atoms with Gasteiger partial charge in [0.1, 0.15) is 0 Å². The molecule has 4 heteroatoms. The van der Waals surface area contributed by atoms with E-state index in [4.69, 9.17) is 11.6 Å². The molecule has 2 aromatic carbocycles. The van der Waals surface area contributed by atoms with Crippen LogP contribution in [0.4, 0.5) is 0 Å². The minimum Gasteiger partial charge on any atom is -0.350 e. The first-order valence-electron chi connectivity index (χ1n) is 6.31. The van der Waals surface area contributed by atoms with Crippen LogP contribution in [0.5, 0.6) is 0 Å². The summed E-state index contributed by atoms with van der Waals surface area (Å²) >= 11 is 9.67. The fourth-order valence-corrected chi connectivity index (χ4v) is 2.52. The number of amides is 1. The number of nitrogens with one attached hydrogen (secondary N) is 1. The van der Waals surface area contributed by atoms with E-state index < -0.39 is 0 Å². The molecule has 0 aliphatic rings. The molecular formula is C16H15BrClNO. The van der Waals surface area contributed by atoms with E-state index in [-0.39, 0.29) is 11.3 Å². The van der Waals surface area contributed by atoms with Crippen LogP contribution in [-0.2, 0) is 0 Å². The summed E-state index contributed by atoms with van der Waals surface area (Å²) in [5.41, 5.74) is 2.67. The topological polar surface area (TPSA) is 29.1 Å². The van der Waals surface area contributed by atoms with Gasteiger partial charge < -0.3 is 5.32 Å². The maximum Gasteiger partial charge on any atom is 0.252 e. The van der Waals surface area contributed by atoms with Crippen molar-refractivity contribution in [3.63, 3.8) is 0 Å². The second-order valence-electron chi connectivity index (χ2n) is 4.57. The van der Waals surface area contributed by atoms with E-state index in [1.165, 1.54) is 0 Å². The maximum atomic E-state index is 12.2. The second-order valence-corrected chi connectivity index (χ2v) is 5.95. The third-order valence-electron chi connectivity index (χ3n) is 2.97. The Morgan fingerprint density at radius 3 is 2.65 bits per heavy atom. The number of hydrogen-bond donors (Lipinski definition) is 1. The summed E-state index contributed by atoms with van der Waals surface area (Å²) in [6, 6.07) is 15.4. The Kier molecular flexibility index (Phi) is 5.21. The third kappa shape index (κ3) is 3.84. The molecule has 1 N–H and O–H groups in total. The predicted octanol–water partition coefficient (Wildman–Crippen LogP) is 4.47. The van der Waals surface area contributed by atoms with E-state index in [9.17, 15) is 4.79 Å². The number of benzene rings is 2. The van der Waals surface area contributed by atoms with Crippen LogP contribution in [-0.4, -0.2) is 12.5 Å². The van der Waals surface area contributed by atoms with Crippen LogP contribution in [0.1, 0.15) is 26.9 Å². The highest BCUT2D eigenvalue weighted by molar-refractivity contribution is 9.10. The van der Waals surface area contributed by atoms with Crippen LogP contribution >= 0.6 is 27.5 Å². The molecular weight excluding hydrogens is 338 g/mol. The highest BCUT2D eigenvalue weighted by Gasteiger charge is 2.13. The Bertz CT molecular complexity index is 601. The molecule has 0 aromatic heterocycles. The van der Waals surface area contributed by atoms with Crippen molar-refractivity contribution in [1.29, 1.82) is 0 Å². The summed E-state index contributed by atoms with van der Waals surface area (Å²) < 4.78 is 0.784. The predicted molar refractivity (Wildman–Crippen MR) is 86.2 cm³/mol. The first-order chi connectivity index (χ1) is 9.58. The molecule has 1 atom stereocenters. The quantitative estimate of drug-likeness (QED) is 0.808. The molecule has 0 saturated heterocycles. The molecule has 0 spiro atoms. The van der Waals surface area contributed by atoms with E-state index in [0.29, 0.717) is 12.1 Å². The molecule has 0 saturated carbocycles. The SMILES string of the molecule is Cc1ccc(Br)c(C(=O)NCC(Cl)c2ccccc2)c1. The highest BCUT2D eigenvalue weighted by atomic mass is 79.9. The summed E-state index contributed by atoms with van der Waals surface area (Å²) in [5.74, 6) is -0.123. The van der Waals surface area contributed by atoms with E-state index in [1.54, 1.807) is 0 Å². The summed E-state index contributed by atoms with van der Waals surface area (Å²) in [5, 5.41) is 2.63. The van der Waals surface area contributed by atoms with Crippen molar-refractivity contribution in [2.24, 2.45) is 0 Å². The number of halogens is 2. The van der Waals surface area contributed by atoms with E-state index in [0.717, 1.165) is 15.6 Å². The van der Waals surface area contributed by atoms with Gasteiger partial charge in [0.25, 0.3) is 5.91 Å². The molecule has 2 aromatic rings. The molecule has 0 radical (unpaired) electrons. The average Bonchev–Trinajstić information content (AvgIpc) is 2.47. The standard InChI is InChI=1S/C16H15BrClNO/c1-11-7-8-14(17)13(9-11)16(20)19-10-15(18)12-5-3-2-4-6-12/h2-9,15H,10H2,1H3,(H,19,20). The minimum atomic E-state index is -0.233. The smallest absolute Gasteiger partial charge is 0.252 e. The van der Waals surface area contributed by atoms with Gasteiger partial charge in [0.2, 0.25) is 0 Å². The zero-order valence-electron chi connectivity index (χ0n) is 11.1. The minimum absolute atomic E-state index is 0.123. The van der Waals surface area contributed by atoms with Crippen LogP contribution in [0.25, 0.3) is 0 Å². The molecule has 0 aliphatic heterocycles. The van der Waals surface area contributed by atoms with Crippen molar-refractivity contribution in [1.82, 2.24) is 5.32 Å². The Balaban J connectivity index is 2.00. The first-order valence-corrected chi connectivity index (χ1v) is 7.54. The van der Waals surface area contributed by atoms with Crippen LogP contribution in [0.3, 0.4) is 0 Å². The van der Waals surface area contributed by atoms with Gasteiger partial charge >= 0.3 is 0 Å². The third-order valence-corrected chi connectivity index (χ3v) is 4.07. The number of carbonyl (C=O) groups is 1. The average molecular weight is 353 g/mol. The Morgan fingerprint density at radius 1 is 1.25 bits per heavy atom. The van der Waals surface area contributed by atoms with Gasteiger partial charge in [0.05, 0.1) is 10.9 Å². The lowest BCUT2D eigenvalue weighted by molar-refractivity contribution is 0.0952. The Labute approximate surface area is 132 Å². The summed E-state index contributed by atoms with van der Waals surface area (Å²) in [6.45, 7) is 2.35. The van der Waals surface area contributed by atoms with E-state index in [2.05, 4.69) is 21.2 Å². The lowest BCUT2D eigenvalue weighted by Gasteiger charge is -2.12. The summed E-state index contributed by atoms with van der Waals surface area (Å²) in [6.07, 6.45) is 0. The Hall–Kier alpha value is -1.32. The molecule has 1 amide bonds. The van der Waals surface area contributed by atoms with Crippen molar-refractivity contribution in [3.8, 4) is 0 Å². The molecule has 0 heterocycles. The van der Waals surface area contributed by atoms with Gasteiger partial charge in [-0.05, 0) is 40.5 Å². The van der Waals surface area contributed by atoms with Gasteiger partial charge in [0, 0.05) is 11.0 Å². The molecule has 2 nitrogen and oxygen atoms in total. The molecule has 104 valence electrons. The number of carbonyl (C=O) groups excluding carboxylic acids is 1. The number of alkyl halides is 1. The van der Waals surface area contributed by atoms with E-state index >= 15 is 0 Å². The maximum absolute atomic E-state index is 12.2. The highest BCUT2D eigenvalue weighted by Crippen LogP contribution is 2.20. The van der Waals surface area contributed by atoms with Crippen LogP contribution < -0.4 is 5.32 Å². The zero-order chi connectivity index (χ0) is 14.5. The molecule has 0 aliphatic carbocycles. The van der Waals surface area contributed by atoms with Crippen LogP contribution in [0.15, 0.2) is 53.0 Å². The zero-order valence-corrected chi connectivity index (χ0v) is 13.4. The number of rotatable bonds is 4. The largest absolute Gasteiger partial charge is 0.350 e. The molecule has 0 fully saturated rings. The van der Waals surface area contributed by atoms with Crippen LogP contribution in [0, 0.1) is 6.92 Å². The van der Waals surface area contributed by atoms with Gasteiger partial charge in [-0.25, -0.2) is 0 Å². The Morgan fingerprint density at radius 2 is 1.95 bits per heavy atom. The normalized spacial score (nSPS) is 11.9. The number of aryl methyl sites for hydroxylation is 1.